The molecule has 1 aromatic heterocycles. The summed E-state index contributed by atoms with van der Waals surface area (Å²) in [5.74, 6) is 0.160. The molecule has 1 fully saturated rings. The molecule has 2 heterocycles. The Kier molecular flexibility index (Phi) is 6.35. The summed E-state index contributed by atoms with van der Waals surface area (Å²) in [4.78, 5) is 29.6. The van der Waals surface area contributed by atoms with Crippen molar-refractivity contribution in [2.75, 3.05) is 36.1 Å². The first-order chi connectivity index (χ1) is 12.6. The molecule has 9 nitrogen and oxygen atoms in total. The highest BCUT2D eigenvalue weighted by atomic mass is 16.6. The van der Waals surface area contributed by atoms with Gasteiger partial charge in [0.1, 0.15) is 5.60 Å². The van der Waals surface area contributed by atoms with E-state index in [9.17, 15) is 9.59 Å². The number of nitrogens with one attached hydrogen (secondary N) is 2. The lowest BCUT2D eigenvalue weighted by molar-refractivity contribution is -0.132. The number of amides is 1. The third-order valence-electron chi connectivity index (χ3n) is 3.98. The van der Waals surface area contributed by atoms with Gasteiger partial charge in [-0.15, -0.1) is 0 Å². The van der Waals surface area contributed by atoms with Gasteiger partial charge in [0.2, 0.25) is 5.88 Å². The molecular formula is C18H29N5O4. The normalized spacial score (nSPS) is 17.2. The molecule has 150 valence electrons. The second kappa shape index (κ2) is 8.32. The van der Waals surface area contributed by atoms with Crippen molar-refractivity contribution >= 4 is 29.3 Å². The molecule has 9 heteroatoms. The number of rotatable bonds is 4. The van der Waals surface area contributed by atoms with E-state index in [4.69, 9.17) is 15.2 Å². The SMILES string of the molecule is CNc1nc(OC(C)=O)cc(N2CCC[C@@H](NC(=O)OC(C)(C)C)C2)c1N. The van der Waals surface area contributed by atoms with Crippen LogP contribution in [0.2, 0.25) is 0 Å². The van der Waals surface area contributed by atoms with Gasteiger partial charge < -0.3 is 30.7 Å². The molecule has 2 rings (SSSR count). The van der Waals surface area contributed by atoms with Crippen LogP contribution < -0.4 is 26.0 Å². The number of aromatic nitrogens is 1. The standard InChI is InChI=1S/C18H29N5O4/c1-11(24)26-14-9-13(15(19)16(20-5)22-14)23-8-6-7-12(10-23)21-17(25)27-18(2,3)4/h9,12H,6-8,10,19H2,1-5H3,(H,20,22)(H,21,25)/t12-/m1/s1. The molecule has 1 saturated heterocycles. The fraction of sp³-hybridized carbons (Fsp3) is 0.611. The smallest absolute Gasteiger partial charge is 0.407 e. The number of nitrogen functional groups attached to an aromatic ring is 1. The summed E-state index contributed by atoms with van der Waals surface area (Å²) < 4.78 is 10.5. The highest BCUT2D eigenvalue weighted by molar-refractivity contribution is 5.80. The molecule has 0 bridgehead atoms. The van der Waals surface area contributed by atoms with Crippen LogP contribution in [0.3, 0.4) is 0 Å². The monoisotopic (exact) mass is 379 g/mol. The minimum atomic E-state index is -0.547. The number of ether oxygens (including phenoxy) is 2. The van der Waals surface area contributed by atoms with Gasteiger partial charge in [0.25, 0.3) is 0 Å². The van der Waals surface area contributed by atoms with Gasteiger partial charge in [-0.2, -0.15) is 4.98 Å². The maximum absolute atomic E-state index is 12.1. The molecule has 1 aromatic rings. The number of nitrogens with two attached hydrogens (primary N) is 1. The summed E-state index contributed by atoms with van der Waals surface area (Å²) in [6, 6.07) is 1.57. The van der Waals surface area contributed by atoms with Gasteiger partial charge >= 0.3 is 12.1 Å². The molecule has 27 heavy (non-hydrogen) atoms. The number of hydrogen-bond acceptors (Lipinski definition) is 8. The number of hydrogen-bond donors (Lipinski definition) is 3. The first-order valence-electron chi connectivity index (χ1n) is 9.00. The third kappa shape index (κ3) is 5.90. The quantitative estimate of drug-likeness (QED) is 0.681. The molecule has 0 aliphatic carbocycles. The van der Waals surface area contributed by atoms with E-state index in [1.54, 1.807) is 13.1 Å². The number of esters is 1. The molecule has 1 amide bonds. The lowest BCUT2D eigenvalue weighted by atomic mass is 10.0. The van der Waals surface area contributed by atoms with Crippen molar-refractivity contribution < 1.29 is 19.1 Å². The summed E-state index contributed by atoms with van der Waals surface area (Å²) in [7, 11) is 1.70. The van der Waals surface area contributed by atoms with Crippen molar-refractivity contribution in [2.24, 2.45) is 0 Å². The van der Waals surface area contributed by atoms with Crippen LogP contribution in [0.25, 0.3) is 0 Å². The lowest BCUT2D eigenvalue weighted by Gasteiger charge is -2.35. The zero-order valence-electron chi connectivity index (χ0n) is 16.6. The second-order valence-corrected chi connectivity index (χ2v) is 7.52. The van der Waals surface area contributed by atoms with E-state index in [0.29, 0.717) is 23.7 Å². The summed E-state index contributed by atoms with van der Waals surface area (Å²) in [5, 5.41) is 5.82. The zero-order valence-corrected chi connectivity index (χ0v) is 16.6. The van der Waals surface area contributed by atoms with E-state index < -0.39 is 17.7 Å². The topological polar surface area (TPSA) is 119 Å². The predicted octanol–water partition coefficient (Wildman–Crippen LogP) is 2.12. The molecule has 1 aliphatic heterocycles. The second-order valence-electron chi connectivity index (χ2n) is 7.52. The maximum Gasteiger partial charge on any atom is 0.407 e. The van der Waals surface area contributed by atoms with Crippen molar-refractivity contribution in [2.45, 2.75) is 52.2 Å². The number of piperidine rings is 1. The Hall–Kier alpha value is -2.71. The fourth-order valence-corrected chi connectivity index (χ4v) is 2.96. The van der Waals surface area contributed by atoms with Gasteiger partial charge in [-0.25, -0.2) is 4.79 Å². The van der Waals surface area contributed by atoms with Crippen molar-refractivity contribution in [1.29, 1.82) is 0 Å². The average molecular weight is 379 g/mol. The summed E-state index contributed by atoms with van der Waals surface area (Å²) in [6.45, 7) is 8.13. The Morgan fingerprint density at radius 3 is 2.67 bits per heavy atom. The Balaban J connectivity index is 2.17. The van der Waals surface area contributed by atoms with Crippen LogP contribution in [-0.2, 0) is 9.53 Å². The summed E-state index contributed by atoms with van der Waals surface area (Å²) >= 11 is 0. The van der Waals surface area contributed by atoms with E-state index in [1.807, 2.05) is 20.8 Å². The molecule has 0 radical (unpaired) electrons. The highest BCUT2D eigenvalue weighted by Crippen LogP contribution is 2.34. The van der Waals surface area contributed by atoms with Crippen LogP contribution in [0.5, 0.6) is 5.88 Å². The number of pyridine rings is 1. The average Bonchev–Trinajstić information content (AvgIpc) is 2.54. The Bertz CT molecular complexity index is 702. The van der Waals surface area contributed by atoms with Crippen molar-refractivity contribution in [1.82, 2.24) is 10.3 Å². The van der Waals surface area contributed by atoms with Crippen molar-refractivity contribution in [3.05, 3.63) is 6.07 Å². The first-order valence-corrected chi connectivity index (χ1v) is 9.00. The van der Waals surface area contributed by atoms with E-state index in [2.05, 4.69) is 20.5 Å². The van der Waals surface area contributed by atoms with E-state index >= 15 is 0 Å². The zero-order chi connectivity index (χ0) is 20.2. The van der Waals surface area contributed by atoms with Crippen molar-refractivity contribution in [3.8, 4) is 5.88 Å². The number of carbonyl (C=O) groups is 2. The number of anilines is 3. The van der Waals surface area contributed by atoms with Gasteiger partial charge in [0, 0.05) is 39.2 Å². The van der Waals surface area contributed by atoms with E-state index in [1.165, 1.54) is 6.92 Å². The number of alkyl carbamates (subject to hydrolysis) is 1. The van der Waals surface area contributed by atoms with Gasteiger partial charge in [-0.1, -0.05) is 0 Å². The largest absolute Gasteiger partial charge is 0.444 e. The first kappa shape index (κ1) is 20.6. The predicted molar refractivity (Wildman–Crippen MR) is 104 cm³/mol. The molecule has 0 aromatic carbocycles. The van der Waals surface area contributed by atoms with Gasteiger partial charge in [-0.05, 0) is 33.6 Å². The van der Waals surface area contributed by atoms with Crippen LogP contribution in [0.1, 0.15) is 40.5 Å². The summed E-state index contributed by atoms with van der Waals surface area (Å²) in [5.41, 5.74) is 6.86. The molecular weight excluding hydrogens is 350 g/mol. The molecule has 0 saturated carbocycles. The highest BCUT2D eigenvalue weighted by Gasteiger charge is 2.26. The van der Waals surface area contributed by atoms with Crippen LogP contribution in [0, 0.1) is 0 Å². The molecule has 1 aliphatic rings. The minimum absolute atomic E-state index is 0.0728. The molecule has 4 N–H and O–H groups in total. The Labute approximate surface area is 159 Å². The number of nitrogens with zero attached hydrogens (tertiary/aromatic N) is 2. The fourth-order valence-electron chi connectivity index (χ4n) is 2.96. The van der Waals surface area contributed by atoms with Crippen molar-refractivity contribution in [3.63, 3.8) is 0 Å². The van der Waals surface area contributed by atoms with Crippen LogP contribution in [0.4, 0.5) is 22.0 Å². The molecule has 1 atom stereocenters. The maximum atomic E-state index is 12.1. The Morgan fingerprint density at radius 2 is 2.07 bits per heavy atom. The van der Waals surface area contributed by atoms with Gasteiger partial charge in [-0.3, -0.25) is 4.79 Å². The Morgan fingerprint density at radius 1 is 1.37 bits per heavy atom. The number of carbonyl (C=O) groups excluding carboxylic acids is 2. The van der Waals surface area contributed by atoms with E-state index in [0.717, 1.165) is 19.4 Å². The van der Waals surface area contributed by atoms with Gasteiger partial charge in [0.05, 0.1) is 11.4 Å². The van der Waals surface area contributed by atoms with Crippen LogP contribution in [-0.4, -0.2) is 48.8 Å². The lowest BCUT2D eigenvalue weighted by Crippen LogP contribution is -2.49. The molecule has 0 spiro atoms. The third-order valence-corrected chi connectivity index (χ3v) is 3.98. The van der Waals surface area contributed by atoms with Crippen LogP contribution >= 0.6 is 0 Å². The van der Waals surface area contributed by atoms with Crippen LogP contribution in [0.15, 0.2) is 6.07 Å². The van der Waals surface area contributed by atoms with Gasteiger partial charge in [0.15, 0.2) is 5.82 Å². The minimum Gasteiger partial charge on any atom is -0.444 e. The molecule has 0 unspecified atom stereocenters. The van der Waals surface area contributed by atoms with E-state index in [-0.39, 0.29) is 11.9 Å². The summed E-state index contributed by atoms with van der Waals surface area (Å²) in [6.07, 6.45) is 1.28.